The molecule has 0 atom stereocenters. The van der Waals surface area contributed by atoms with Gasteiger partial charge in [-0.3, -0.25) is 0 Å². The molecule has 0 amide bonds. The molecule has 1 aromatic heterocycles. The monoisotopic (exact) mass is 226 g/mol. The molecule has 0 radical (unpaired) electrons. The average molecular weight is 226 g/mol. The summed E-state index contributed by atoms with van der Waals surface area (Å²) in [6.07, 6.45) is 5.32. The Hall–Kier alpha value is -2.05. The van der Waals surface area contributed by atoms with E-state index in [9.17, 15) is 0 Å². The van der Waals surface area contributed by atoms with Crippen molar-refractivity contribution in [1.29, 1.82) is 0 Å². The molecule has 0 saturated carbocycles. The van der Waals surface area contributed by atoms with Gasteiger partial charge in [0.05, 0.1) is 10.6 Å². The number of hydrogen-bond acceptors (Lipinski definition) is 2. The van der Waals surface area contributed by atoms with Crippen LogP contribution >= 0.6 is 11.3 Å². The molecule has 1 aromatic carbocycles. The van der Waals surface area contributed by atoms with E-state index in [-0.39, 0.29) is 0 Å². The van der Waals surface area contributed by atoms with Crippen LogP contribution in [0.2, 0.25) is 0 Å². The van der Waals surface area contributed by atoms with E-state index in [0.717, 1.165) is 16.1 Å². The first-order valence-corrected chi connectivity index (χ1v) is 5.62. The first-order chi connectivity index (χ1) is 7.79. The van der Waals surface area contributed by atoms with Crippen molar-refractivity contribution in [1.82, 2.24) is 0 Å². The van der Waals surface area contributed by atoms with E-state index in [2.05, 4.69) is 10.9 Å². The fourth-order valence-electron chi connectivity index (χ4n) is 1.28. The Bertz CT molecular complexity index is 548. The van der Waals surface area contributed by atoms with Gasteiger partial charge < -0.3 is 5.73 Å². The maximum atomic E-state index is 5.87. The molecule has 2 rings (SSSR count). The number of nitrogens with zero attached hydrogens (tertiary/aromatic N) is 1. The lowest BCUT2D eigenvalue weighted by Gasteiger charge is -1.98. The maximum Gasteiger partial charge on any atom is 0.141 e. The molecule has 0 aliphatic carbocycles. The molecular formula is C13H10N2S. The molecule has 0 fully saturated rings. The molecular weight excluding hydrogens is 216 g/mol. The third kappa shape index (κ3) is 2.30. The van der Waals surface area contributed by atoms with Crippen LogP contribution in [0.3, 0.4) is 0 Å². The van der Waals surface area contributed by atoms with E-state index in [0.29, 0.717) is 5.84 Å². The van der Waals surface area contributed by atoms with Gasteiger partial charge in [-0.25, -0.2) is 4.99 Å². The highest BCUT2D eigenvalue weighted by Gasteiger charge is 1.99. The van der Waals surface area contributed by atoms with Crippen LogP contribution in [0, 0.1) is 12.3 Å². The molecule has 1 heterocycles. The third-order valence-electron chi connectivity index (χ3n) is 2.04. The number of rotatable bonds is 2. The lowest BCUT2D eigenvalue weighted by Crippen LogP contribution is -2.10. The van der Waals surface area contributed by atoms with Gasteiger partial charge in [0, 0.05) is 5.56 Å². The molecule has 3 heteroatoms. The number of amidine groups is 1. The van der Waals surface area contributed by atoms with Gasteiger partial charge in [-0.15, -0.1) is 17.8 Å². The second-order valence-corrected chi connectivity index (χ2v) is 4.12. The summed E-state index contributed by atoms with van der Waals surface area (Å²) < 4.78 is 0. The third-order valence-corrected chi connectivity index (χ3v) is 2.93. The van der Waals surface area contributed by atoms with Crippen molar-refractivity contribution in [2.24, 2.45) is 10.7 Å². The van der Waals surface area contributed by atoms with Crippen molar-refractivity contribution in [2.75, 3.05) is 0 Å². The van der Waals surface area contributed by atoms with Crippen LogP contribution in [-0.4, -0.2) is 5.84 Å². The summed E-state index contributed by atoms with van der Waals surface area (Å²) in [6, 6.07) is 11.3. The van der Waals surface area contributed by atoms with Crippen LogP contribution in [0.25, 0.3) is 0 Å². The van der Waals surface area contributed by atoms with Crippen molar-refractivity contribution >= 4 is 22.9 Å². The Labute approximate surface area is 98.5 Å². The topological polar surface area (TPSA) is 38.4 Å². The van der Waals surface area contributed by atoms with Crippen LogP contribution in [0.15, 0.2) is 46.8 Å². The van der Waals surface area contributed by atoms with Gasteiger partial charge in [0.15, 0.2) is 0 Å². The molecule has 0 saturated heterocycles. The lowest BCUT2D eigenvalue weighted by molar-refractivity contribution is 1.46. The summed E-state index contributed by atoms with van der Waals surface area (Å²) in [7, 11) is 0. The highest BCUT2D eigenvalue weighted by molar-refractivity contribution is 7.12. The number of terminal acetylenes is 1. The van der Waals surface area contributed by atoms with E-state index >= 15 is 0 Å². The summed E-state index contributed by atoms with van der Waals surface area (Å²) in [4.78, 5) is 5.28. The first-order valence-electron chi connectivity index (χ1n) is 4.74. The fourth-order valence-corrected chi connectivity index (χ4v) is 1.91. The van der Waals surface area contributed by atoms with E-state index in [4.69, 9.17) is 12.2 Å². The Kier molecular flexibility index (Phi) is 3.04. The summed E-state index contributed by atoms with van der Waals surface area (Å²) in [6.45, 7) is 0. The normalized spacial score (nSPS) is 11.1. The molecule has 0 aliphatic rings. The fraction of sp³-hybridized carbons (Fsp3) is 0. The molecule has 2 nitrogen and oxygen atoms in total. The van der Waals surface area contributed by atoms with Crippen LogP contribution in [0.1, 0.15) is 10.4 Å². The highest BCUT2D eigenvalue weighted by atomic mass is 32.1. The molecule has 16 heavy (non-hydrogen) atoms. The second-order valence-electron chi connectivity index (χ2n) is 3.17. The molecule has 2 aromatic rings. The van der Waals surface area contributed by atoms with Crippen molar-refractivity contribution in [3.05, 3.63) is 52.2 Å². The van der Waals surface area contributed by atoms with Gasteiger partial charge in [-0.2, -0.15) is 0 Å². The van der Waals surface area contributed by atoms with Crippen molar-refractivity contribution in [3.63, 3.8) is 0 Å². The number of benzene rings is 1. The minimum Gasteiger partial charge on any atom is -0.383 e. The van der Waals surface area contributed by atoms with Crippen molar-refractivity contribution in [2.45, 2.75) is 0 Å². The average Bonchev–Trinajstić information content (AvgIpc) is 2.83. The molecule has 0 spiro atoms. The number of thiophene rings is 1. The Balaban J connectivity index is 2.33. The van der Waals surface area contributed by atoms with Gasteiger partial charge in [0.1, 0.15) is 5.84 Å². The smallest absolute Gasteiger partial charge is 0.141 e. The van der Waals surface area contributed by atoms with Gasteiger partial charge in [0.25, 0.3) is 0 Å². The summed E-state index contributed by atoms with van der Waals surface area (Å²) in [5.74, 6) is 3.09. The quantitative estimate of drug-likeness (QED) is 0.477. The van der Waals surface area contributed by atoms with E-state index in [1.807, 2.05) is 41.8 Å². The SMILES string of the molecule is C#Cc1cccc(N=C(N)c2cccs2)c1. The Morgan fingerprint density at radius 1 is 1.31 bits per heavy atom. The molecule has 2 N–H and O–H groups in total. The summed E-state index contributed by atoms with van der Waals surface area (Å²) in [5, 5.41) is 1.97. The number of hydrogen-bond donors (Lipinski definition) is 1. The Morgan fingerprint density at radius 2 is 2.19 bits per heavy atom. The van der Waals surface area contributed by atoms with E-state index in [1.54, 1.807) is 11.3 Å². The zero-order valence-corrected chi connectivity index (χ0v) is 9.37. The molecule has 0 unspecified atom stereocenters. The zero-order valence-electron chi connectivity index (χ0n) is 8.55. The number of nitrogens with two attached hydrogens (primary N) is 1. The van der Waals surface area contributed by atoms with Crippen LogP contribution in [-0.2, 0) is 0 Å². The van der Waals surface area contributed by atoms with Gasteiger partial charge in [-0.1, -0.05) is 18.1 Å². The largest absolute Gasteiger partial charge is 0.383 e. The Morgan fingerprint density at radius 3 is 2.88 bits per heavy atom. The highest BCUT2D eigenvalue weighted by Crippen LogP contribution is 2.16. The molecule has 0 aliphatic heterocycles. The maximum absolute atomic E-state index is 5.87. The standard InChI is InChI=1S/C13H10N2S/c1-2-10-5-3-6-11(9-10)15-13(14)12-7-4-8-16-12/h1,3-9H,(H2,14,15). The lowest BCUT2D eigenvalue weighted by atomic mass is 10.2. The zero-order chi connectivity index (χ0) is 11.4. The number of aliphatic imine (C=N–C) groups is 1. The van der Waals surface area contributed by atoms with Gasteiger partial charge in [-0.05, 0) is 29.6 Å². The van der Waals surface area contributed by atoms with Crippen LogP contribution in [0.4, 0.5) is 5.69 Å². The van der Waals surface area contributed by atoms with E-state index in [1.165, 1.54) is 0 Å². The molecule has 78 valence electrons. The minimum absolute atomic E-state index is 0.518. The second kappa shape index (κ2) is 4.65. The van der Waals surface area contributed by atoms with Crippen molar-refractivity contribution in [3.8, 4) is 12.3 Å². The predicted molar refractivity (Wildman–Crippen MR) is 69.1 cm³/mol. The predicted octanol–water partition coefficient (Wildman–Crippen LogP) is 2.77. The first kappa shape index (κ1) is 10.5. The van der Waals surface area contributed by atoms with Crippen LogP contribution < -0.4 is 5.73 Å². The van der Waals surface area contributed by atoms with Crippen LogP contribution in [0.5, 0.6) is 0 Å². The summed E-state index contributed by atoms with van der Waals surface area (Å²) >= 11 is 1.56. The van der Waals surface area contributed by atoms with Gasteiger partial charge in [0.2, 0.25) is 0 Å². The molecule has 0 bridgehead atoms. The summed E-state index contributed by atoms with van der Waals surface area (Å²) in [5.41, 5.74) is 7.46. The van der Waals surface area contributed by atoms with E-state index < -0.39 is 0 Å². The van der Waals surface area contributed by atoms with Crippen molar-refractivity contribution < 1.29 is 0 Å². The minimum atomic E-state index is 0.518. The van der Waals surface area contributed by atoms with Gasteiger partial charge >= 0.3 is 0 Å².